The fraction of sp³-hybridized carbons (Fsp3) is 0.333. The molecule has 0 saturated carbocycles. The summed E-state index contributed by atoms with van der Waals surface area (Å²) in [4.78, 5) is 33.6. The molecule has 1 aromatic rings. The van der Waals surface area contributed by atoms with Gasteiger partial charge in [0.25, 0.3) is 5.91 Å². The van der Waals surface area contributed by atoms with Gasteiger partial charge < -0.3 is 9.64 Å². The zero-order valence-corrected chi connectivity index (χ0v) is 11.3. The number of likely N-dealkylation sites (N-methyl/N-ethyl adjacent to an activating group) is 1. The molecule has 0 atom stereocenters. The molecular weight excluding hydrogens is 290 g/mol. The van der Waals surface area contributed by atoms with Gasteiger partial charge in [0.15, 0.2) is 0 Å². The minimum absolute atomic E-state index is 0.0322. The van der Waals surface area contributed by atoms with Crippen molar-refractivity contribution in [3.05, 3.63) is 39.4 Å². The number of rotatable bonds is 5. The van der Waals surface area contributed by atoms with E-state index in [0.29, 0.717) is 12.1 Å². The topological polar surface area (TPSA) is 89.8 Å². The van der Waals surface area contributed by atoms with E-state index in [9.17, 15) is 28.5 Å². The SMILES string of the molecule is CCN(CC(=O)OC)C(=O)c1c(F)ccc([N+](=O)[O-])c1F. The molecule has 0 radical (unpaired) electrons. The van der Waals surface area contributed by atoms with E-state index in [1.54, 1.807) is 0 Å². The lowest BCUT2D eigenvalue weighted by Gasteiger charge is -2.19. The van der Waals surface area contributed by atoms with E-state index in [4.69, 9.17) is 0 Å². The van der Waals surface area contributed by atoms with Crippen molar-refractivity contribution in [2.75, 3.05) is 20.2 Å². The van der Waals surface area contributed by atoms with Gasteiger partial charge in [0.05, 0.1) is 12.0 Å². The second-order valence-electron chi connectivity index (χ2n) is 3.91. The fourth-order valence-corrected chi connectivity index (χ4v) is 1.58. The van der Waals surface area contributed by atoms with Crippen LogP contribution in [0.5, 0.6) is 0 Å². The lowest BCUT2D eigenvalue weighted by Crippen LogP contribution is -2.37. The maximum absolute atomic E-state index is 13.9. The van der Waals surface area contributed by atoms with Gasteiger partial charge in [-0.1, -0.05) is 0 Å². The molecule has 0 aliphatic heterocycles. The van der Waals surface area contributed by atoms with Crippen LogP contribution in [0.2, 0.25) is 0 Å². The van der Waals surface area contributed by atoms with E-state index in [0.717, 1.165) is 12.0 Å². The van der Waals surface area contributed by atoms with E-state index >= 15 is 0 Å². The van der Waals surface area contributed by atoms with Crippen LogP contribution in [-0.2, 0) is 9.53 Å². The number of nitrogens with zero attached hydrogens (tertiary/aromatic N) is 2. The summed E-state index contributed by atoms with van der Waals surface area (Å²) in [5, 5.41) is 10.6. The molecule has 0 N–H and O–H groups in total. The maximum Gasteiger partial charge on any atom is 0.325 e. The Balaban J connectivity index is 3.25. The largest absolute Gasteiger partial charge is 0.468 e. The molecule has 114 valence electrons. The van der Waals surface area contributed by atoms with Crippen molar-refractivity contribution in [1.82, 2.24) is 4.90 Å². The Morgan fingerprint density at radius 2 is 2.00 bits per heavy atom. The van der Waals surface area contributed by atoms with Gasteiger partial charge in [-0.25, -0.2) is 4.39 Å². The number of hydrogen-bond donors (Lipinski definition) is 0. The quantitative estimate of drug-likeness (QED) is 0.467. The highest BCUT2D eigenvalue weighted by molar-refractivity contribution is 5.97. The number of benzene rings is 1. The van der Waals surface area contributed by atoms with Gasteiger partial charge in [0, 0.05) is 12.6 Å². The lowest BCUT2D eigenvalue weighted by molar-refractivity contribution is -0.387. The monoisotopic (exact) mass is 302 g/mol. The van der Waals surface area contributed by atoms with Gasteiger partial charge in [-0.05, 0) is 13.0 Å². The number of halogens is 2. The molecule has 0 bridgehead atoms. The summed E-state index contributed by atoms with van der Waals surface area (Å²) in [6, 6.07) is 1.25. The van der Waals surface area contributed by atoms with Crippen molar-refractivity contribution >= 4 is 17.6 Å². The van der Waals surface area contributed by atoms with Crippen LogP contribution in [0.25, 0.3) is 0 Å². The Labute approximate surface area is 118 Å². The smallest absolute Gasteiger partial charge is 0.325 e. The summed E-state index contributed by atoms with van der Waals surface area (Å²) >= 11 is 0. The van der Waals surface area contributed by atoms with Crippen LogP contribution in [0.15, 0.2) is 12.1 Å². The Morgan fingerprint density at radius 1 is 1.38 bits per heavy atom. The van der Waals surface area contributed by atoms with Gasteiger partial charge in [-0.3, -0.25) is 19.7 Å². The highest BCUT2D eigenvalue weighted by Crippen LogP contribution is 2.24. The molecule has 21 heavy (non-hydrogen) atoms. The van der Waals surface area contributed by atoms with Crippen LogP contribution >= 0.6 is 0 Å². The van der Waals surface area contributed by atoms with Gasteiger partial charge in [-0.15, -0.1) is 0 Å². The van der Waals surface area contributed by atoms with Crippen LogP contribution < -0.4 is 0 Å². The Kier molecular flexibility index (Phi) is 5.28. The summed E-state index contributed by atoms with van der Waals surface area (Å²) in [6.07, 6.45) is 0. The first-order chi connectivity index (χ1) is 9.83. The molecule has 0 aliphatic rings. The van der Waals surface area contributed by atoms with Crippen molar-refractivity contribution in [2.45, 2.75) is 6.92 Å². The Hall–Kier alpha value is -2.58. The number of nitro groups is 1. The molecule has 1 rings (SSSR count). The minimum Gasteiger partial charge on any atom is -0.468 e. The van der Waals surface area contributed by atoms with E-state index in [1.165, 1.54) is 6.92 Å². The zero-order valence-electron chi connectivity index (χ0n) is 11.3. The molecule has 7 nitrogen and oxygen atoms in total. The first-order valence-electron chi connectivity index (χ1n) is 5.81. The third-order valence-electron chi connectivity index (χ3n) is 2.70. The van der Waals surface area contributed by atoms with Crippen molar-refractivity contribution in [1.29, 1.82) is 0 Å². The third-order valence-corrected chi connectivity index (χ3v) is 2.70. The molecular formula is C12H12F2N2O5. The highest BCUT2D eigenvalue weighted by Gasteiger charge is 2.29. The minimum atomic E-state index is -1.58. The molecule has 0 fully saturated rings. The van der Waals surface area contributed by atoms with E-state index in [2.05, 4.69) is 4.74 Å². The molecule has 0 unspecified atom stereocenters. The predicted molar refractivity (Wildman–Crippen MR) is 66.6 cm³/mol. The number of ether oxygens (including phenoxy) is 1. The van der Waals surface area contributed by atoms with Crippen molar-refractivity contribution in [3.8, 4) is 0 Å². The normalized spacial score (nSPS) is 10.1. The van der Waals surface area contributed by atoms with Crippen molar-refractivity contribution in [2.24, 2.45) is 0 Å². The molecule has 0 saturated heterocycles. The number of methoxy groups -OCH3 is 1. The number of nitro benzene ring substituents is 1. The van der Waals surface area contributed by atoms with Gasteiger partial charge in [0.1, 0.15) is 17.9 Å². The number of amides is 1. The van der Waals surface area contributed by atoms with Gasteiger partial charge in [0.2, 0.25) is 5.82 Å². The zero-order chi connectivity index (χ0) is 16.2. The number of esters is 1. The van der Waals surface area contributed by atoms with E-state index < -0.39 is 46.2 Å². The van der Waals surface area contributed by atoms with Crippen molar-refractivity contribution in [3.63, 3.8) is 0 Å². The maximum atomic E-state index is 13.9. The summed E-state index contributed by atoms with van der Waals surface area (Å²) in [5.74, 6) is -4.77. The molecule has 0 aromatic heterocycles. The summed E-state index contributed by atoms with van der Waals surface area (Å²) in [7, 11) is 1.09. The predicted octanol–water partition coefficient (Wildman–Crippen LogP) is 1.51. The third kappa shape index (κ3) is 3.50. The summed E-state index contributed by atoms with van der Waals surface area (Å²) < 4.78 is 31.9. The van der Waals surface area contributed by atoms with Gasteiger partial charge in [-0.2, -0.15) is 4.39 Å². The summed E-state index contributed by atoms with van der Waals surface area (Å²) in [6.45, 7) is 0.927. The van der Waals surface area contributed by atoms with Crippen LogP contribution in [0.1, 0.15) is 17.3 Å². The molecule has 1 amide bonds. The molecule has 1 aromatic carbocycles. The van der Waals surface area contributed by atoms with Crippen LogP contribution in [0.3, 0.4) is 0 Å². The lowest BCUT2D eigenvalue weighted by atomic mass is 10.1. The molecule has 0 aliphatic carbocycles. The number of hydrogen-bond acceptors (Lipinski definition) is 5. The number of carbonyl (C=O) groups excluding carboxylic acids is 2. The van der Waals surface area contributed by atoms with Crippen LogP contribution in [-0.4, -0.2) is 41.9 Å². The first kappa shape index (κ1) is 16.5. The summed E-state index contributed by atoms with van der Waals surface area (Å²) in [5.41, 5.74) is -2.09. The van der Waals surface area contributed by atoms with E-state index in [-0.39, 0.29) is 6.54 Å². The highest BCUT2D eigenvalue weighted by atomic mass is 19.1. The van der Waals surface area contributed by atoms with Crippen LogP contribution in [0.4, 0.5) is 14.5 Å². The standard InChI is InChI=1S/C12H12F2N2O5/c1-3-15(6-9(17)21-2)12(18)10-7(13)4-5-8(11(10)14)16(19)20/h4-5H,3,6H2,1-2H3. The average Bonchev–Trinajstić information content (AvgIpc) is 2.43. The second kappa shape index (κ2) is 6.73. The molecule has 0 spiro atoms. The molecule has 0 heterocycles. The molecule has 9 heteroatoms. The number of carbonyl (C=O) groups is 2. The average molecular weight is 302 g/mol. The Bertz CT molecular complexity index is 591. The fourth-order valence-electron chi connectivity index (χ4n) is 1.58. The van der Waals surface area contributed by atoms with Gasteiger partial charge >= 0.3 is 11.7 Å². The second-order valence-corrected chi connectivity index (χ2v) is 3.91. The van der Waals surface area contributed by atoms with E-state index in [1.807, 2.05) is 0 Å². The first-order valence-corrected chi connectivity index (χ1v) is 5.81. The van der Waals surface area contributed by atoms with Crippen molar-refractivity contribution < 1.29 is 28.0 Å². The van der Waals surface area contributed by atoms with Crippen LogP contribution in [0, 0.1) is 21.7 Å². The Morgan fingerprint density at radius 3 is 2.48 bits per heavy atom.